The summed E-state index contributed by atoms with van der Waals surface area (Å²) in [7, 11) is 0. The fourth-order valence-corrected chi connectivity index (χ4v) is 2.94. The van der Waals surface area contributed by atoms with E-state index in [1.165, 1.54) is 32.1 Å². The lowest BCUT2D eigenvalue weighted by Gasteiger charge is -2.21. The van der Waals surface area contributed by atoms with E-state index in [1.54, 1.807) is 0 Å². The number of benzene rings is 1. The zero-order chi connectivity index (χ0) is 14.2. The third-order valence-corrected chi connectivity index (χ3v) is 4.17. The summed E-state index contributed by atoms with van der Waals surface area (Å²) >= 11 is 0. The van der Waals surface area contributed by atoms with Crippen LogP contribution in [0, 0.1) is 5.92 Å². The Bertz CT molecular complexity index is 425. The molecule has 0 atom stereocenters. The van der Waals surface area contributed by atoms with Gasteiger partial charge in [-0.3, -0.25) is 4.79 Å². The van der Waals surface area contributed by atoms with E-state index in [0.717, 1.165) is 23.5 Å². The third-order valence-electron chi connectivity index (χ3n) is 4.17. The molecule has 0 aliphatic heterocycles. The summed E-state index contributed by atoms with van der Waals surface area (Å²) in [5, 5.41) is 12.0. The largest absolute Gasteiger partial charge is 0.392 e. The smallest absolute Gasteiger partial charge is 0.220 e. The van der Waals surface area contributed by atoms with Gasteiger partial charge in [-0.05, 0) is 23.5 Å². The molecule has 0 bridgehead atoms. The van der Waals surface area contributed by atoms with Crippen LogP contribution in [-0.2, 0) is 17.9 Å². The maximum Gasteiger partial charge on any atom is 0.220 e. The van der Waals surface area contributed by atoms with Crippen LogP contribution in [-0.4, -0.2) is 11.0 Å². The first-order chi connectivity index (χ1) is 9.78. The van der Waals surface area contributed by atoms with Crippen molar-refractivity contribution in [2.45, 2.75) is 58.1 Å². The van der Waals surface area contributed by atoms with Crippen molar-refractivity contribution in [2.75, 3.05) is 0 Å². The summed E-state index contributed by atoms with van der Waals surface area (Å²) in [6, 6.07) is 7.70. The number of rotatable bonds is 6. The molecular weight excluding hydrogens is 250 g/mol. The molecule has 0 aromatic heterocycles. The highest BCUT2D eigenvalue weighted by Gasteiger charge is 2.14. The van der Waals surface area contributed by atoms with E-state index in [2.05, 4.69) is 5.32 Å². The van der Waals surface area contributed by atoms with Gasteiger partial charge in [-0.15, -0.1) is 0 Å². The Kier molecular flexibility index (Phi) is 6.06. The lowest BCUT2D eigenvalue weighted by Crippen LogP contribution is -2.23. The number of carbonyl (C=O) groups is 1. The van der Waals surface area contributed by atoms with E-state index in [9.17, 15) is 4.79 Å². The second-order valence-corrected chi connectivity index (χ2v) is 5.80. The fraction of sp³-hybridized carbons (Fsp3) is 0.588. The predicted octanol–water partition coefficient (Wildman–Crippen LogP) is 3.16. The number of hydrogen-bond acceptors (Lipinski definition) is 2. The molecule has 0 spiro atoms. The Morgan fingerprint density at radius 1 is 1.20 bits per heavy atom. The lowest BCUT2D eigenvalue weighted by molar-refractivity contribution is -0.121. The number of hydrogen-bond donors (Lipinski definition) is 2. The molecule has 0 radical (unpaired) electrons. The summed E-state index contributed by atoms with van der Waals surface area (Å²) in [6.07, 6.45) is 8.30. The number of amides is 1. The molecule has 0 unspecified atom stereocenters. The van der Waals surface area contributed by atoms with Gasteiger partial charge in [-0.1, -0.05) is 56.4 Å². The molecule has 0 saturated heterocycles. The minimum atomic E-state index is 0.0451. The van der Waals surface area contributed by atoms with Gasteiger partial charge < -0.3 is 10.4 Å². The molecule has 1 aromatic rings. The summed E-state index contributed by atoms with van der Waals surface area (Å²) < 4.78 is 0. The minimum Gasteiger partial charge on any atom is -0.392 e. The fourth-order valence-electron chi connectivity index (χ4n) is 2.94. The molecule has 20 heavy (non-hydrogen) atoms. The van der Waals surface area contributed by atoms with Crippen LogP contribution >= 0.6 is 0 Å². The molecule has 3 nitrogen and oxygen atoms in total. The van der Waals surface area contributed by atoms with E-state index in [4.69, 9.17) is 5.11 Å². The van der Waals surface area contributed by atoms with Crippen molar-refractivity contribution in [2.24, 2.45) is 5.92 Å². The zero-order valence-corrected chi connectivity index (χ0v) is 12.1. The van der Waals surface area contributed by atoms with Gasteiger partial charge in [-0.2, -0.15) is 0 Å². The van der Waals surface area contributed by atoms with Gasteiger partial charge in [0.15, 0.2) is 0 Å². The van der Waals surface area contributed by atoms with Gasteiger partial charge in [0.2, 0.25) is 5.91 Å². The van der Waals surface area contributed by atoms with Crippen molar-refractivity contribution in [3.8, 4) is 0 Å². The zero-order valence-electron chi connectivity index (χ0n) is 12.1. The predicted molar refractivity (Wildman–Crippen MR) is 80.0 cm³/mol. The van der Waals surface area contributed by atoms with E-state index >= 15 is 0 Å². The van der Waals surface area contributed by atoms with Crippen molar-refractivity contribution in [1.82, 2.24) is 5.32 Å². The van der Waals surface area contributed by atoms with Crippen LogP contribution in [0.15, 0.2) is 24.3 Å². The molecule has 2 rings (SSSR count). The molecule has 3 heteroatoms. The topological polar surface area (TPSA) is 49.3 Å². The average molecular weight is 275 g/mol. The van der Waals surface area contributed by atoms with Crippen LogP contribution in [0.1, 0.15) is 56.1 Å². The van der Waals surface area contributed by atoms with E-state index in [-0.39, 0.29) is 12.5 Å². The molecule has 1 saturated carbocycles. The van der Waals surface area contributed by atoms with E-state index in [1.807, 2.05) is 24.3 Å². The normalized spacial score (nSPS) is 16.1. The van der Waals surface area contributed by atoms with Gasteiger partial charge >= 0.3 is 0 Å². The molecule has 1 fully saturated rings. The Hall–Kier alpha value is -1.35. The van der Waals surface area contributed by atoms with E-state index in [0.29, 0.717) is 13.0 Å². The monoisotopic (exact) mass is 275 g/mol. The Morgan fingerprint density at radius 2 is 1.95 bits per heavy atom. The average Bonchev–Trinajstić information content (AvgIpc) is 2.52. The van der Waals surface area contributed by atoms with Crippen LogP contribution in [0.3, 0.4) is 0 Å². The Balaban J connectivity index is 1.68. The van der Waals surface area contributed by atoms with Crippen LogP contribution in [0.4, 0.5) is 0 Å². The number of carbonyl (C=O) groups excluding carboxylic acids is 1. The van der Waals surface area contributed by atoms with Crippen LogP contribution < -0.4 is 5.32 Å². The summed E-state index contributed by atoms with van der Waals surface area (Å²) in [5.41, 5.74) is 1.93. The highest BCUT2D eigenvalue weighted by Crippen LogP contribution is 2.27. The molecular formula is C17H25NO2. The number of nitrogens with one attached hydrogen (secondary N) is 1. The highest BCUT2D eigenvalue weighted by molar-refractivity contribution is 5.75. The SMILES string of the molecule is O=C(CCC1CCCCC1)NCc1cccc(CO)c1. The van der Waals surface area contributed by atoms with Crippen molar-refractivity contribution >= 4 is 5.91 Å². The molecule has 110 valence electrons. The molecule has 2 N–H and O–H groups in total. The maximum absolute atomic E-state index is 11.9. The first-order valence-electron chi connectivity index (χ1n) is 7.73. The minimum absolute atomic E-state index is 0.0451. The van der Waals surface area contributed by atoms with Crippen molar-refractivity contribution < 1.29 is 9.90 Å². The third kappa shape index (κ3) is 4.97. The van der Waals surface area contributed by atoms with E-state index < -0.39 is 0 Å². The molecule has 1 amide bonds. The summed E-state index contributed by atoms with van der Waals surface area (Å²) in [4.78, 5) is 11.9. The molecule has 1 aliphatic rings. The molecule has 0 heterocycles. The van der Waals surface area contributed by atoms with Gasteiger partial charge in [0.1, 0.15) is 0 Å². The van der Waals surface area contributed by atoms with Gasteiger partial charge in [0.05, 0.1) is 6.61 Å². The van der Waals surface area contributed by atoms with Crippen LogP contribution in [0.25, 0.3) is 0 Å². The maximum atomic E-state index is 11.9. The first kappa shape index (κ1) is 15.0. The second kappa shape index (κ2) is 8.05. The molecule has 1 aromatic carbocycles. The number of aliphatic hydroxyl groups excluding tert-OH is 1. The standard InChI is InChI=1S/C17H25NO2/c19-13-16-8-4-7-15(11-16)12-18-17(20)10-9-14-5-2-1-3-6-14/h4,7-8,11,14,19H,1-3,5-6,9-10,12-13H2,(H,18,20). The second-order valence-electron chi connectivity index (χ2n) is 5.80. The summed E-state index contributed by atoms with van der Waals surface area (Å²) in [6.45, 7) is 0.598. The van der Waals surface area contributed by atoms with Crippen molar-refractivity contribution in [3.05, 3.63) is 35.4 Å². The Morgan fingerprint density at radius 3 is 2.70 bits per heavy atom. The van der Waals surface area contributed by atoms with Gasteiger partial charge in [0, 0.05) is 13.0 Å². The lowest BCUT2D eigenvalue weighted by atomic mass is 9.86. The summed E-state index contributed by atoms with van der Waals surface area (Å²) in [5.74, 6) is 0.900. The highest BCUT2D eigenvalue weighted by atomic mass is 16.3. The first-order valence-corrected chi connectivity index (χ1v) is 7.73. The van der Waals surface area contributed by atoms with Gasteiger partial charge in [0.25, 0.3) is 0 Å². The van der Waals surface area contributed by atoms with Crippen molar-refractivity contribution in [3.63, 3.8) is 0 Å². The van der Waals surface area contributed by atoms with Crippen LogP contribution in [0.2, 0.25) is 0 Å². The number of aliphatic hydroxyl groups is 1. The quantitative estimate of drug-likeness (QED) is 0.838. The van der Waals surface area contributed by atoms with Crippen molar-refractivity contribution in [1.29, 1.82) is 0 Å². The van der Waals surface area contributed by atoms with Gasteiger partial charge in [-0.25, -0.2) is 0 Å². The van der Waals surface area contributed by atoms with Crippen LogP contribution in [0.5, 0.6) is 0 Å². The Labute approximate surface area is 121 Å². The molecule has 1 aliphatic carbocycles.